The molecule has 0 saturated heterocycles. The van der Waals surface area contributed by atoms with Crippen LogP contribution in [0.5, 0.6) is 0 Å². The van der Waals surface area contributed by atoms with Crippen molar-refractivity contribution >= 4 is 46.4 Å². The van der Waals surface area contributed by atoms with Gasteiger partial charge in [0, 0.05) is 10.6 Å². The molecule has 0 unspecified atom stereocenters. The average Bonchev–Trinajstić information content (AvgIpc) is 2.29. The lowest BCUT2D eigenvalue weighted by atomic mass is 10.1. The Balaban J connectivity index is 2.75. The van der Waals surface area contributed by atoms with Crippen molar-refractivity contribution in [2.45, 2.75) is 0 Å². The molecule has 18 heavy (non-hydrogen) atoms. The minimum absolute atomic E-state index is 0.0595. The summed E-state index contributed by atoms with van der Waals surface area (Å²) < 4.78 is 0. The van der Waals surface area contributed by atoms with Crippen LogP contribution in [0.1, 0.15) is 5.69 Å². The molecule has 0 spiro atoms. The third kappa shape index (κ3) is 2.52. The Kier molecular flexibility index (Phi) is 3.94. The number of nitriles is 1. The number of nitrogens with zero attached hydrogens (tertiary/aromatic N) is 3. The molecule has 0 N–H and O–H groups in total. The monoisotopic (exact) mass is 317 g/mol. The van der Waals surface area contributed by atoms with E-state index in [1.165, 1.54) is 0 Å². The van der Waals surface area contributed by atoms with Crippen molar-refractivity contribution < 1.29 is 0 Å². The van der Waals surface area contributed by atoms with Gasteiger partial charge in [0.25, 0.3) is 0 Å². The smallest absolute Gasteiger partial charge is 0.206 e. The summed E-state index contributed by atoms with van der Waals surface area (Å²) >= 11 is 23.5. The van der Waals surface area contributed by atoms with E-state index in [9.17, 15) is 0 Å². The summed E-state index contributed by atoms with van der Waals surface area (Å²) in [6.07, 6.45) is 0. The Morgan fingerprint density at radius 1 is 1.06 bits per heavy atom. The van der Waals surface area contributed by atoms with E-state index in [4.69, 9.17) is 51.7 Å². The highest BCUT2D eigenvalue weighted by atomic mass is 35.5. The standard InChI is InChI=1S/C11H3Cl4N3/c12-5-1-2-6(7(13)3-5)9-8(4-16)17-11(15)18-10(9)14/h1-3H. The van der Waals surface area contributed by atoms with Gasteiger partial charge in [-0.05, 0) is 23.7 Å². The Morgan fingerprint density at radius 2 is 1.78 bits per heavy atom. The van der Waals surface area contributed by atoms with Crippen LogP contribution in [0.25, 0.3) is 11.1 Å². The van der Waals surface area contributed by atoms with Crippen LogP contribution in [-0.4, -0.2) is 9.97 Å². The fourth-order valence-electron chi connectivity index (χ4n) is 1.42. The van der Waals surface area contributed by atoms with Gasteiger partial charge in [0.15, 0.2) is 5.69 Å². The Hall–Kier alpha value is -1.05. The third-order valence-electron chi connectivity index (χ3n) is 2.14. The molecule has 7 heteroatoms. The highest BCUT2D eigenvalue weighted by Gasteiger charge is 2.16. The average molecular weight is 319 g/mol. The molecule has 0 bridgehead atoms. The van der Waals surface area contributed by atoms with Gasteiger partial charge in [-0.3, -0.25) is 0 Å². The molecule has 1 aromatic carbocycles. The Morgan fingerprint density at radius 3 is 2.39 bits per heavy atom. The van der Waals surface area contributed by atoms with E-state index >= 15 is 0 Å². The van der Waals surface area contributed by atoms with Crippen molar-refractivity contribution in [1.29, 1.82) is 5.26 Å². The van der Waals surface area contributed by atoms with E-state index in [0.29, 0.717) is 21.2 Å². The van der Waals surface area contributed by atoms with Crippen LogP contribution >= 0.6 is 46.4 Å². The third-order valence-corrected chi connectivity index (χ3v) is 3.13. The van der Waals surface area contributed by atoms with Gasteiger partial charge in [0.05, 0.1) is 10.6 Å². The first-order valence-electron chi connectivity index (χ1n) is 4.61. The Bertz CT molecular complexity index is 664. The molecule has 0 radical (unpaired) electrons. The van der Waals surface area contributed by atoms with E-state index in [-0.39, 0.29) is 16.1 Å². The highest BCUT2D eigenvalue weighted by molar-refractivity contribution is 6.38. The maximum absolute atomic E-state index is 9.05. The fourth-order valence-corrected chi connectivity index (χ4v) is 2.41. The second-order valence-electron chi connectivity index (χ2n) is 3.24. The molecular weight excluding hydrogens is 316 g/mol. The predicted octanol–water partition coefficient (Wildman–Crippen LogP) is 4.63. The van der Waals surface area contributed by atoms with Crippen LogP contribution in [0.4, 0.5) is 0 Å². The molecule has 90 valence electrons. The molecule has 1 aromatic heterocycles. The van der Waals surface area contributed by atoms with E-state index in [1.807, 2.05) is 6.07 Å². The molecule has 0 amide bonds. The van der Waals surface area contributed by atoms with Crippen LogP contribution in [0, 0.1) is 11.3 Å². The molecule has 0 fully saturated rings. The van der Waals surface area contributed by atoms with Gasteiger partial charge in [-0.1, -0.05) is 40.9 Å². The molecule has 3 nitrogen and oxygen atoms in total. The normalized spacial score (nSPS) is 10.2. The summed E-state index contributed by atoms with van der Waals surface area (Å²) in [5, 5.41) is 9.85. The van der Waals surface area contributed by atoms with Gasteiger partial charge in [-0.25, -0.2) is 9.97 Å². The van der Waals surface area contributed by atoms with Gasteiger partial charge >= 0.3 is 0 Å². The summed E-state index contributed by atoms with van der Waals surface area (Å²) in [6, 6.07) is 6.73. The summed E-state index contributed by atoms with van der Waals surface area (Å²) in [7, 11) is 0. The van der Waals surface area contributed by atoms with Crippen molar-refractivity contribution in [3.05, 3.63) is 44.4 Å². The molecule has 2 rings (SSSR count). The van der Waals surface area contributed by atoms with Crippen LogP contribution < -0.4 is 0 Å². The van der Waals surface area contributed by atoms with Crippen molar-refractivity contribution in [3.63, 3.8) is 0 Å². The van der Waals surface area contributed by atoms with Gasteiger partial charge in [-0.15, -0.1) is 0 Å². The summed E-state index contributed by atoms with van der Waals surface area (Å²) in [6.45, 7) is 0. The SMILES string of the molecule is N#Cc1nc(Cl)nc(Cl)c1-c1ccc(Cl)cc1Cl. The molecule has 0 aliphatic carbocycles. The Labute approximate surface area is 123 Å². The van der Waals surface area contributed by atoms with E-state index in [2.05, 4.69) is 9.97 Å². The molecule has 2 aromatic rings. The zero-order valence-electron chi connectivity index (χ0n) is 8.59. The van der Waals surface area contributed by atoms with Crippen LogP contribution in [0.3, 0.4) is 0 Å². The molecule has 0 atom stereocenters. The fraction of sp³-hybridized carbons (Fsp3) is 0. The number of hydrogen-bond donors (Lipinski definition) is 0. The topological polar surface area (TPSA) is 49.6 Å². The number of rotatable bonds is 1. The largest absolute Gasteiger partial charge is 0.225 e. The molecule has 1 heterocycles. The highest BCUT2D eigenvalue weighted by Crippen LogP contribution is 2.36. The van der Waals surface area contributed by atoms with E-state index < -0.39 is 0 Å². The van der Waals surface area contributed by atoms with Crippen molar-refractivity contribution in [1.82, 2.24) is 9.97 Å². The maximum Gasteiger partial charge on any atom is 0.225 e. The first-order valence-corrected chi connectivity index (χ1v) is 6.12. The lowest BCUT2D eigenvalue weighted by Gasteiger charge is -2.08. The quantitative estimate of drug-likeness (QED) is 0.569. The van der Waals surface area contributed by atoms with E-state index in [1.54, 1.807) is 18.2 Å². The van der Waals surface area contributed by atoms with Gasteiger partial charge < -0.3 is 0 Å². The van der Waals surface area contributed by atoms with Crippen molar-refractivity contribution in [2.24, 2.45) is 0 Å². The zero-order valence-corrected chi connectivity index (χ0v) is 11.6. The van der Waals surface area contributed by atoms with Gasteiger partial charge in [-0.2, -0.15) is 5.26 Å². The molecule has 0 aliphatic rings. The number of aromatic nitrogens is 2. The summed E-state index contributed by atoms with van der Waals surface area (Å²) in [5.74, 6) is 0. The predicted molar refractivity (Wildman–Crippen MR) is 72.2 cm³/mol. The maximum atomic E-state index is 9.05. The molecule has 0 aliphatic heterocycles. The molecular formula is C11H3Cl4N3. The number of benzene rings is 1. The first-order chi connectivity index (χ1) is 8.52. The number of hydrogen-bond acceptors (Lipinski definition) is 3. The van der Waals surface area contributed by atoms with Crippen LogP contribution in [-0.2, 0) is 0 Å². The first kappa shape index (κ1) is 13.4. The number of halogens is 4. The van der Waals surface area contributed by atoms with Crippen molar-refractivity contribution in [2.75, 3.05) is 0 Å². The zero-order chi connectivity index (χ0) is 13.3. The summed E-state index contributed by atoms with van der Waals surface area (Å²) in [4.78, 5) is 7.61. The van der Waals surface area contributed by atoms with Gasteiger partial charge in [0.1, 0.15) is 11.2 Å². The molecule has 0 saturated carbocycles. The summed E-state index contributed by atoms with van der Waals surface area (Å²) in [5.41, 5.74) is 0.925. The lowest BCUT2D eigenvalue weighted by Crippen LogP contribution is -1.95. The van der Waals surface area contributed by atoms with Crippen LogP contribution in [0.15, 0.2) is 18.2 Å². The van der Waals surface area contributed by atoms with Gasteiger partial charge in [0.2, 0.25) is 5.28 Å². The van der Waals surface area contributed by atoms with Crippen molar-refractivity contribution in [3.8, 4) is 17.2 Å². The van der Waals surface area contributed by atoms with Crippen LogP contribution in [0.2, 0.25) is 20.5 Å². The second kappa shape index (κ2) is 5.29. The second-order valence-corrected chi connectivity index (χ2v) is 4.78. The minimum Gasteiger partial charge on any atom is -0.206 e. The van der Waals surface area contributed by atoms with E-state index in [0.717, 1.165) is 0 Å². The lowest BCUT2D eigenvalue weighted by molar-refractivity contribution is 1.14. The minimum atomic E-state index is -0.0922.